The molecule has 1 aromatic heterocycles. The summed E-state index contributed by atoms with van der Waals surface area (Å²) in [5.74, 6) is -0.0191. The Morgan fingerprint density at radius 3 is 2.67 bits per heavy atom. The summed E-state index contributed by atoms with van der Waals surface area (Å²) in [6, 6.07) is 10.6. The molecule has 0 saturated heterocycles. The first-order valence-electron chi connectivity index (χ1n) is 11.5. The number of fused-ring (bicyclic) bond motifs is 3. The van der Waals surface area contributed by atoms with Gasteiger partial charge < -0.3 is 24.4 Å². The van der Waals surface area contributed by atoms with Crippen LogP contribution in [0.15, 0.2) is 48.7 Å². The summed E-state index contributed by atoms with van der Waals surface area (Å²) in [5.41, 5.74) is 2.77. The summed E-state index contributed by atoms with van der Waals surface area (Å²) in [6.07, 6.45) is 4.58. The lowest BCUT2D eigenvalue weighted by atomic mass is 9.97. The third-order valence-electron chi connectivity index (χ3n) is 6.05. The second-order valence-corrected chi connectivity index (χ2v) is 9.10. The van der Waals surface area contributed by atoms with Crippen molar-refractivity contribution in [2.45, 2.75) is 5.92 Å². The van der Waals surface area contributed by atoms with Gasteiger partial charge >= 0.3 is 5.97 Å². The molecule has 1 N–H and O–H groups in total. The fourth-order valence-corrected chi connectivity index (χ4v) is 4.44. The SMILES string of the molecule is COC(=O)c1cnc2c(O)cc3c(c2c1)C(CCl)CN3C(=O)/C=C/c1ccc(OCCN(C)C)cc1. The number of carbonyl (C=O) groups is 2. The number of ether oxygens (including phenoxy) is 2. The van der Waals surface area contributed by atoms with Crippen molar-refractivity contribution in [1.82, 2.24) is 9.88 Å². The number of esters is 1. The number of anilines is 1. The molecule has 0 spiro atoms. The van der Waals surface area contributed by atoms with Gasteiger partial charge in [0.15, 0.2) is 0 Å². The number of alkyl halides is 1. The minimum atomic E-state index is -0.535. The van der Waals surface area contributed by atoms with Crippen LogP contribution in [0.2, 0.25) is 0 Å². The molecular weight excluding hydrogens is 482 g/mol. The van der Waals surface area contributed by atoms with Crippen molar-refractivity contribution in [2.75, 3.05) is 51.7 Å². The Morgan fingerprint density at radius 1 is 1.25 bits per heavy atom. The highest BCUT2D eigenvalue weighted by Gasteiger charge is 2.34. The van der Waals surface area contributed by atoms with Gasteiger partial charge in [0.2, 0.25) is 0 Å². The number of pyridine rings is 1. The highest BCUT2D eigenvalue weighted by molar-refractivity contribution is 6.19. The Morgan fingerprint density at radius 2 is 2.00 bits per heavy atom. The second kappa shape index (κ2) is 11.0. The van der Waals surface area contributed by atoms with Crippen LogP contribution < -0.4 is 9.64 Å². The lowest BCUT2D eigenvalue weighted by Crippen LogP contribution is -2.28. The molecule has 1 amide bonds. The summed E-state index contributed by atoms with van der Waals surface area (Å²) in [7, 11) is 5.27. The van der Waals surface area contributed by atoms with Gasteiger partial charge in [0.1, 0.15) is 23.6 Å². The van der Waals surface area contributed by atoms with Crippen LogP contribution >= 0.6 is 11.6 Å². The molecule has 0 bridgehead atoms. The molecule has 0 aliphatic carbocycles. The monoisotopic (exact) mass is 509 g/mol. The molecule has 36 heavy (non-hydrogen) atoms. The number of phenolic OH excluding ortho intramolecular Hbond substituents is 1. The van der Waals surface area contributed by atoms with Gasteiger partial charge in [-0.05, 0) is 49.5 Å². The van der Waals surface area contributed by atoms with E-state index in [4.69, 9.17) is 21.1 Å². The number of rotatable bonds is 8. The number of aromatic nitrogens is 1. The van der Waals surface area contributed by atoms with Crippen LogP contribution in [0.25, 0.3) is 17.0 Å². The van der Waals surface area contributed by atoms with Gasteiger partial charge in [-0.3, -0.25) is 9.78 Å². The summed E-state index contributed by atoms with van der Waals surface area (Å²) < 4.78 is 10.5. The van der Waals surface area contributed by atoms with Crippen molar-refractivity contribution in [2.24, 2.45) is 0 Å². The molecule has 4 rings (SSSR count). The van der Waals surface area contributed by atoms with E-state index in [2.05, 4.69) is 4.98 Å². The third kappa shape index (κ3) is 5.29. The van der Waals surface area contributed by atoms with Crippen LogP contribution in [-0.4, -0.2) is 73.6 Å². The van der Waals surface area contributed by atoms with Gasteiger partial charge in [0.05, 0.1) is 18.4 Å². The quantitative estimate of drug-likeness (QED) is 0.278. The van der Waals surface area contributed by atoms with Crippen molar-refractivity contribution < 1.29 is 24.2 Å². The summed E-state index contributed by atoms with van der Waals surface area (Å²) in [6.45, 7) is 1.76. The lowest BCUT2D eigenvalue weighted by Gasteiger charge is -2.16. The molecule has 1 atom stereocenters. The Hall–Kier alpha value is -3.62. The number of methoxy groups -OCH3 is 1. The maximum atomic E-state index is 13.2. The number of likely N-dealkylation sites (N-methyl/N-ethyl adjacent to an activating group) is 1. The molecule has 2 aromatic carbocycles. The van der Waals surface area contributed by atoms with Crippen LogP contribution in [-0.2, 0) is 9.53 Å². The van der Waals surface area contributed by atoms with Gasteiger partial charge in [0, 0.05) is 48.6 Å². The van der Waals surface area contributed by atoms with Crippen molar-refractivity contribution >= 4 is 46.1 Å². The Bertz CT molecular complexity index is 1310. The normalized spacial score (nSPS) is 15.0. The number of hydrogen-bond donors (Lipinski definition) is 1. The number of phenols is 1. The van der Waals surface area contributed by atoms with Gasteiger partial charge in [-0.1, -0.05) is 12.1 Å². The highest BCUT2D eigenvalue weighted by Crippen LogP contribution is 2.45. The van der Waals surface area contributed by atoms with Crippen molar-refractivity contribution in [1.29, 1.82) is 0 Å². The molecule has 3 aromatic rings. The number of aromatic hydroxyl groups is 1. The first kappa shape index (κ1) is 25.5. The molecule has 9 heteroatoms. The topological polar surface area (TPSA) is 92.2 Å². The van der Waals surface area contributed by atoms with Crippen LogP contribution in [0.1, 0.15) is 27.4 Å². The first-order valence-corrected chi connectivity index (χ1v) is 12.0. The highest BCUT2D eigenvalue weighted by atomic mass is 35.5. The number of nitrogens with zero attached hydrogens (tertiary/aromatic N) is 3. The summed E-state index contributed by atoms with van der Waals surface area (Å²) >= 11 is 6.27. The Kier molecular flexibility index (Phi) is 7.76. The standard InChI is InChI=1S/C27H28ClN3O5/c1-30(2)10-11-36-20-7-4-17(5-8-20)6-9-24(33)31-16-19(14-28)25-21-12-18(27(34)35-3)15-29-26(21)23(32)13-22(25)31/h4-9,12-13,15,19,32H,10-11,14,16H2,1-3H3/b9-6+. The van der Waals surface area contributed by atoms with E-state index in [1.54, 1.807) is 17.0 Å². The average Bonchev–Trinajstić information content (AvgIpc) is 3.25. The number of amides is 1. The molecule has 0 fully saturated rings. The number of hydrogen-bond acceptors (Lipinski definition) is 7. The fourth-order valence-electron chi connectivity index (χ4n) is 4.19. The van der Waals surface area contributed by atoms with E-state index in [-0.39, 0.29) is 29.0 Å². The van der Waals surface area contributed by atoms with E-state index in [0.29, 0.717) is 29.7 Å². The van der Waals surface area contributed by atoms with E-state index in [0.717, 1.165) is 23.4 Å². The lowest BCUT2D eigenvalue weighted by molar-refractivity contribution is -0.114. The Labute approximate surface area is 214 Å². The van der Waals surface area contributed by atoms with Crippen molar-refractivity contribution in [3.63, 3.8) is 0 Å². The molecule has 8 nitrogen and oxygen atoms in total. The van der Waals surface area contributed by atoms with Gasteiger partial charge in [-0.2, -0.15) is 0 Å². The second-order valence-electron chi connectivity index (χ2n) is 8.79. The molecule has 0 saturated carbocycles. The zero-order valence-electron chi connectivity index (χ0n) is 20.4. The smallest absolute Gasteiger partial charge is 0.339 e. The first-order chi connectivity index (χ1) is 17.3. The van der Waals surface area contributed by atoms with Crippen molar-refractivity contribution in [3.05, 3.63) is 65.4 Å². The van der Waals surface area contributed by atoms with E-state index < -0.39 is 5.97 Å². The largest absolute Gasteiger partial charge is 0.506 e. The Balaban J connectivity index is 1.58. The number of halogens is 1. The predicted molar refractivity (Wildman–Crippen MR) is 140 cm³/mol. The fraction of sp³-hybridized carbons (Fsp3) is 0.296. The molecule has 188 valence electrons. The summed E-state index contributed by atoms with van der Waals surface area (Å²) in [5, 5.41) is 11.2. The minimum absolute atomic E-state index is 0.0815. The van der Waals surface area contributed by atoms with Crippen molar-refractivity contribution in [3.8, 4) is 11.5 Å². The maximum absolute atomic E-state index is 13.2. The molecule has 1 aliphatic rings. The average molecular weight is 510 g/mol. The zero-order valence-corrected chi connectivity index (χ0v) is 21.2. The number of benzene rings is 2. The maximum Gasteiger partial charge on any atom is 0.339 e. The third-order valence-corrected chi connectivity index (χ3v) is 6.42. The predicted octanol–water partition coefficient (Wildman–Crippen LogP) is 4.05. The van der Waals surface area contributed by atoms with Crippen LogP contribution in [0.3, 0.4) is 0 Å². The van der Waals surface area contributed by atoms with Gasteiger partial charge in [-0.15, -0.1) is 11.6 Å². The van der Waals surface area contributed by atoms with Crippen LogP contribution in [0.5, 0.6) is 11.5 Å². The van der Waals surface area contributed by atoms with Gasteiger partial charge in [-0.25, -0.2) is 4.79 Å². The van der Waals surface area contributed by atoms with E-state index in [9.17, 15) is 14.7 Å². The van der Waals surface area contributed by atoms with E-state index in [1.807, 2.05) is 43.3 Å². The molecule has 0 radical (unpaired) electrons. The minimum Gasteiger partial charge on any atom is -0.506 e. The van der Waals surface area contributed by atoms with E-state index >= 15 is 0 Å². The summed E-state index contributed by atoms with van der Waals surface area (Å²) in [4.78, 5) is 33.1. The van der Waals surface area contributed by atoms with Gasteiger partial charge in [0.25, 0.3) is 5.91 Å². The van der Waals surface area contributed by atoms with Crippen LogP contribution in [0, 0.1) is 0 Å². The number of carbonyl (C=O) groups excluding carboxylic acids is 2. The molecular formula is C27H28ClN3O5. The molecule has 1 unspecified atom stereocenters. The molecule has 2 heterocycles. The molecule has 1 aliphatic heterocycles. The van der Waals surface area contributed by atoms with Crippen LogP contribution in [0.4, 0.5) is 5.69 Å². The van der Waals surface area contributed by atoms with E-state index in [1.165, 1.54) is 25.4 Å². The zero-order chi connectivity index (χ0) is 25.8.